The summed E-state index contributed by atoms with van der Waals surface area (Å²) in [6.07, 6.45) is 3.08. The van der Waals surface area contributed by atoms with Crippen LogP contribution in [0.3, 0.4) is 0 Å². The maximum absolute atomic E-state index is 13.2. The van der Waals surface area contributed by atoms with Crippen LogP contribution in [0.15, 0.2) is 36.4 Å². The third kappa shape index (κ3) is 3.33. The van der Waals surface area contributed by atoms with Gasteiger partial charge in [0.05, 0.1) is 18.8 Å². The molecule has 1 saturated carbocycles. The molecule has 1 aromatic carbocycles. The Labute approximate surface area is 151 Å². The van der Waals surface area contributed by atoms with Crippen LogP contribution in [0.5, 0.6) is 5.88 Å². The number of hydrogen-bond donors (Lipinski definition) is 0. The number of rotatable bonds is 4. The quantitative estimate of drug-likeness (QED) is 0.431. The molecule has 3 aromatic rings. The summed E-state index contributed by atoms with van der Waals surface area (Å²) < 4.78 is 21.1. The van der Waals surface area contributed by atoms with Crippen LogP contribution >= 0.6 is 33.9 Å². The molecule has 1 aliphatic carbocycles. The molecule has 0 saturated heterocycles. The molecule has 118 valence electrons. The first kappa shape index (κ1) is 15.3. The van der Waals surface area contributed by atoms with Crippen molar-refractivity contribution in [2.24, 2.45) is 5.92 Å². The largest absolute Gasteiger partial charge is 0.474 e. The minimum Gasteiger partial charge on any atom is -0.474 e. The summed E-state index contributed by atoms with van der Waals surface area (Å²) in [7, 11) is 0. The Morgan fingerprint density at radius 1 is 1.17 bits per heavy atom. The van der Waals surface area contributed by atoms with Crippen molar-refractivity contribution in [3.63, 3.8) is 0 Å². The fraction of sp³-hybridized carbons (Fsp3) is 0.294. The molecule has 1 fully saturated rings. The predicted molar refractivity (Wildman–Crippen MR) is 97.4 cm³/mol. The number of benzene rings is 1. The number of nitrogens with zero attached hydrogens (tertiary/aromatic N) is 2. The summed E-state index contributed by atoms with van der Waals surface area (Å²) >= 11 is 3.89. The van der Waals surface area contributed by atoms with Gasteiger partial charge in [0.25, 0.3) is 0 Å². The van der Waals surface area contributed by atoms with E-state index in [1.165, 1.54) is 15.8 Å². The van der Waals surface area contributed by atoms with Gasteiger partial charge in [-0.25, -0.2) is 4.98 Å². The lowest BCUT2D eigenvalue weighted by Gasteiger charge is -2.34. The maximum atomic E-state index is 13.2. The fourth-order valence-electron chi connectivity index (χ4n) is 2.83. The highest BCUT2D eigenvalue weighted by Gasteiger charge is 2.32. The Kier molecular flexibility index (Phi) is 4.19. The first-order valence-electron chi connectivity index (χ1n) is 7.50. The van der Waals surface area contributed by atoms with E-state index in [1.807, 2.05) is 12.1 Å². The Hall–Kier alpha value is -1.28. The minimum absolute atomic E-state index is 0.136. The van der Waals surface area contributed by atoms with Crippen LogP contribution in [0.2, 0.25) is 0 Å². The van der Waals surface area contributed by atoms with E-state index in [9.17, 15) is 4.39 Å². The van der Waals surface area contributed by atoms with Crippen molar-refractivity contribution < 1.29 is 9.13 Å². The molecule has 6 heteroatoms. The number of pyridine rings is 1. The van der Waals surface area contributed by atoms with Gasteiger partial charge in [-0.2, -0.15) is 9.37 Å². The van der Waals surface area contributed by atoms with Gasteiger partial charge >= 0.3 is 0 Å². The molecule has 2 aromatic heterocycles. The molecule has 0 spiro atoms. The van der Waals surface area contributed by atoms with E-state index < -0.39 is 5.95 Å². The average Bonchev–Trinajstić information content (AvgIpc) is 2.91. The monoisotopic (exact) mass is 440 g/mol. The fourth-order valence-corrected chi connectivity index (χ4v) is 4.34. The zero-order valence-corrected chi connectivity index (χ0v) is 15.2. The number of para-hydroxylation sites is 1. The van der Waals surface area contributed by atoms with Gasteiger partial charge in [-0.3, -0.25) is 0 Å². The number of aromatic nitrogens is 2. The van der Waals surface area contributed by atoms with E-state index >= 15 is 0 Å². The Morgan fingerprint density at radius 2 is 2.00 bits per heavy atom. The summed E-state index contributed by atoms with van der Waals surface area (Å²) in [5, 5.41) is 1.19. The third-order valence-corrected chi connectivity index (χ3v) is 5.93. The lowest BCUT2D eigenvalue weighted by Crippen LogP contribution is -2.35. The van der Waals surface area contributed by atoms with Crippen molar-refractivity contribution >= 4 is 44.1 Å². The highest BCUT2D eigenvalue weighted by molar-refractivity contribution is 14.1. The van der Waals surface area contributed by atoms with Crippen LogP contribution in [0.4, 0.5) is 4.39 Å². The van der Waals surface area contributed by atoms with E-state index in [0.717, 1.165) is 28.3 Å². The number of thiazole rings is 1. The minimum atomic E-state index is -0.495. The maximum Gasteiger partial charge on any atom is 0.230 e. The summed E-state index contributed by atoms with van der Waals surface area (Å²) in [6.45, 7) is 0. The van der Waals surface area contributed by atoms with Gasteiger partial charge < -0.3 is 4.74 Å². The molecule has 0 aliphatic heterocycles. The molecule has 0 amide bonds. The standard InChI is InChI=1S/C17H14FIN2OS/c18-15-6-5-12(19)17(21-15)22-11-7-10(8-11)9-16-20-13-3-1-2-4-14(13)23-16/h1-6,10-11H,7-9H2. The second-order valence-electron chi connectivity index (χ2n) is 5.78. The number of ether oxygens (including phenoxy) is 1. The van der Waals surface area contributed by atoms with Crippen molar-refractivity contribution in [2.45, 2.75) is 25.4 Å². The SMILES string of the molecule is Fc1ccc(I)c(OC2CC(Cc3nc4ccccc4s3)C2)n1. The molecular weight excluding hydrogens is 426 g/mol. The summed E-state index contributed by atoms with van der Waals surface area (Å²) in [4.78, 5) is 8.51. The van der Waals surface area contributed by atoms with Crippen LogP contribution in [0.1, 0.15) is 17.8 Å². The molecule has 0 atom stereocenters. The zero-order valence-electron chi connectivity index (χ0n) is 12.2. The average molecular weight is 440 g/mol. The van der Waals surface area contributed by atoms with Crippen molar-refractivity contribution in [3.05, 3.63) is 50.9 Å². The second-order valence-corrected chi connectivity index (χ2v) is 8.06. The van der Waals surface area contributed by atoms with Gasteiger partial charge in [0.2, 0.25) is 11.8 Å². The van der Waals surface area contributed by atoms with Crippen molar-refractivity contribution in [1.29, 1.82) is 0 Å². The molecule has 2 heterocycles. The predicted octanol–water partition coefficient (Wildman–Crippen LogP) is 4.84. The highest BCUT2D eigenvalue weighted by Crippen LogP contribution is 2.36. The molecule has 4 rings (SSSR count). The van der Waals surface area contributed by atoms with Crippen molar-refractivity contribution in [3.8, 4) is 5.88 Å². The molecule has 1 aliphatic rings. The van der Waals surface area contributed by atoms with Crippen molar-refractivity contribution in [2.75, 3.05) is 0 Å². The molecule has 0 N–H and O–H groups in total. The molecule has 0 bridgehead atoms. The molecule has 3 nitrogen and oxygen atoms in total. The van der Waals surface area contributed by atoms with E-state index in [1.54, 1.807) is 17.4 Å². The lowest BCUT2D eigenvalue weighted by molar-refractivity contribution is 0.0595. The third-order valence-electron chi connectivity index (χ3n) is 4.05. The smallest absolute Gasteiger partial charge is 0.230 e. The molecule has 0 unspecified atom stereocenters. The Bertz CT molecular complexity index is 814. The van der Waals surface area contributed by atoms with Gasteiger partial charge in [0.1, 0.15) is 6.10 Å². The number of fused-ring (bicyclic) bond motifs is 1. The number of hydrogen-bond acceptors (Lipinski definition) is 4. The van der Waals surface area contributed by atoms with Crippen LogP contribution in [0, 0.1) is 15.4 Å². The highest BCUT2D eigenvalue weighted by atomic mass is 127. The Morgan fingerprint density at radius 3 is 2.83 bits per heavy atom. The van der Waals surface area contributed by atoms with E-state index in [2.05, 4.69) is 44.7 Å². The van der Waals surface area contributed by atoms with E-state index in [-0.39, 0.29) is 6.10 Å². The molecule has 23 heavy (non-hydrogen) atoms. The van der Waals surface area contributed by atoms with Gasteiger partial charge in [0, 0.05) is 6.42 Å². The summed E-state index contributed by atoms with van der Waals surface area (Å²) in [5.74, 6) is 0.506. The normalized spacial score (nSPS) is 20.4. The van der Waals surface area contributed by atoms with Crippen LogP contribution in [-0.2, 0) is 6.42 Å². The van der Waals surface area contributed by atoms with Gasteiger partial charge in [-0.05, 0) is 65.6 Å². The van der Waals surface area contributed by atoms with Crippen molar-refractivity contribution in [1.82, 2.24) is 9.97 Å². The van der Waals surface area contributed by atoms with E-state index in [4.69, 9.17) is 4.74 Å². The summed E-state index contributed by atoms with van der Waals surface area (Å²) in [6, 6.07) is 11.3. The van der Waals surface area contributed by atoms with Crippen LogP contribution in [0.25, 0.3) is 10.2 Å². The molecule has 0 radical (unpaired) electrons. The topological polar surface area (TPSA) is 35.0 Å². The first-order valence-corrected chi connectivity index (χ1v) is 9.40. The molecular formula is C17H14FIN2OS. The zero-order chi connectivity index (χ0) is 15.8. The van der Waals surface area contributed by atoms with E-state index in [0.29, 0.717) is 11.8 Å². The number of halogens is 2. The van der Waals surface area contributed by atoms with Gasteiger partial charge in [-0.1, -0.05) is 12.1 Å². The Balaban J connectivity index is 1.35. The second kappa shape index (κ2) is 6.32. The van der Waals surface area contributed by atoms with Gasteiger partial charge in [-0.15, -0.1) is 11.3 Å². The lowest BCUT2D eigenvalue weighted by atomic mass is 9.80. The summed E-state index contributed by atoms with van der Waals surface area (Å²) in [5.41, 5.74) is 1.08. The van der Waals surface area contributed by atoms with Crippen LogP contribution < -0.4 is 4.74 Å². The van der Waals surface area contributed by atoms with Crippen LogP contribution in [-0.4, -0.2) is 16.1 Å². The van der Waals surface area contributed by atoms with Gasteiger partial charge in [0.15, 0.2) is 0 Å². The first-order chi connectivity index (χ1) is 11.2.